The standard InChI is InChI=1S/C16H23F3N6/c1-23(12-6-4-3-5-7-12)8-9-24(2)14-10-13(16(17,18)19)22-15-20-11-21-25(14)15/h10-12H,3-9H2,1-2H3. The summed E-state index contributed by atoms with van der Waals surface area (Å²) in [6, 6.07) is 1.60. The van der Waals surface area contributed by atoms with Crippen molar-refractivity contribution in [3.63, 3.8) is 0 Å². The molecule has 0 unspecified atom stereocenters. The molecule has 0 atom stereocenters. The van der Waals surface area contributed by atoms with Gasteiger partial charge in [-0.25, -0.2) is 4.98 Å². The Morgan fingerprint density at radius 3 is 2.56 bits per heavy atom. The molecular formula is C16H23F3N6. The third-order valence-electron chi connectivity index (χ3n) is 4.90. The van der Waals surface area contributed by atoms with E-state index in [0.29, 0.717) is 18.4 Å². The molecule has 138 valence electrons. The maximum absolute atomic E-state index is 13.1. The predicted octanol–water partition coefficient (Wildman–Crippen LogP) is 2.84. The van der Waals surface area contributed by atoms with Gasteiger partial charge in [-0.15, -0.1) is 0 Å². The summed E-state index contributed by atoms with van der Waals surface area (Å²) >= 11 is 0. The molecule has 1 aliphatic rings. The Morgan fingerprint density at radius 2 is 1.88 bits per heavy atom. The van der Waals surface area contributed by atoms with Gasteiger partial charge in [0.2, 0.25) is 0 Å². The number of halogens is 3. The molecule has 1 saturated carbocycles. The van der Waals surface area contributed by atoms with Crippen molar-refractivity contribution < 1.29 is 13.2 Å². The van der Waals surface area contributed by atoms with E-state index in [1.807, 2.05) is 0 Å². The van der Waals surface area contributed by atoms with E-state index in [0.717, 1.165) is 12.6 Å². The molecule has 1 aliphatic carbocycles. The van der Waals surface area contributed by atoms with E-state index in [1.54, 1.807) is 11.9 Å². The Labute approximate surface area is 144 Å². The second-order valence-electron chi connectivity index (χ2n) is 6.66. The van der Waals surface area contributed by atoms with Crippen molar-refractivity contribution >= 4 is 11.6 Å². The molecule has 0 aromatic carbocycles. The largest absolute Gasteiger partial charge is 0.433 e. The van der Waals surface area contributed by atoms with E-state index in [1.165, 1.54) is 42.9 Å². The molecule has 2 heterocycles. The minimum atomic E-state index is -4.51. The van der Waals surface area contributed by atoms with Crippen LogP contribution in [0.2, 0.25) is 0 Å². The number of hydrogen-bond acceptors (Lipinski definition) is 5. The van der Waals surface area contributed by atoms with Gasteiger partial charge >= 0.3 is 6.18 Å². The highest BCUT2D eigenvalue weighted by Gasteiger charge is 2.34. The van der Waals surface area contributed by atoms with Gasteiger partial charge in [0.15, 0.2) is 5.69 Å². The zero-order valence-corrected chi connectivity index (χ0v) is 14.5. The Balaban J connectivity index is 1.74. The van der Waals surface area contributed by atoms with Gasteiger partial charge in [0.1, 0.15) is 12.1 Å². The summed E-state index contributed by atoms with van der Waals surface area (Å²) in [6.07, 6.45) is 2.90. The van der Waals surface area contributed by atoms with Crippen LogP contribution in [0.25, 0.3) is 5.78 Å². The number of anilines is 1. The monoisotopic (exact) mass is 356 g/mol. The zero-order chi connectivity index (χ0) is 18.0. The molecule has 0 radical (unpaired) electrons. The molecule has 0 aliphatic heterocycles. The van der Waals surface area contributed by atoms with Crippen LogP contribution in [-0.4, -0.2) is 57.7 Å². The molecule has 2 aromatic rings. The number of fused-ring (bicyclic) bond motifs is 1. The number of alkyl halides is 3. The van der Waals surface area contributed by atoms with Crippen LogP contribution >= 0.6 is 0 Å². The van der Waals surface area contributed by atoms with Crippen molar-refractivity contribution in [3.05, 3.63) is 18.1 Å². The molecule has 25 heavy (non-hydrogen) atoms. The summed E-state index contributed by atoms with van der Waals surface area (Å²) < 4.78 is 40.6. The SMILES string of the molecule is CN(CCN(C)C1CCCCC1)c1cc(C(F)(F)F)nc2ncnn12. The molecule has 0 bridgehead atoms. The van der Waals surface area contributed by atoms with Crippen LogP contribution in [0.15, 0.2) is 12.4 Å². The maximum atomic E-state index is 13.1. The van der Waals surface area contributed by atoms with Crippen LogP contribution in [-0.2, 0) is 6.18 Å². The molecule has 0 amide bonds. The van der Waals surface area contributed by atoms with E-state index < -0.39 is 11.9 Å². The molecule has 1 fully saturated rings. The van der Waals surface area contributed by atoms with Gasteiger partial charge < -0.3 is 9.80 Å². The minimum absolute atomic E-state index is 0.0442. The molecule has 2 aromatic heterocycles. The fourth-order valence-corrected chi connectivity index (χ4v) is 3.34. The van der Waals surface area contributed by atoms with Crippen molar-refractivity contribution in [1.29, 1.82) is 0 Å². The molecule has 0 spiro atoms. The highest BCUT2D eigenvalue weighted by Crippen LogP contribution is 2.30. The maximum Gasteiger partial charge on any atom is 0.433 e. The molecular weight excluding hydrogens is 333 g/mol. The van der Waals surface area contributed by atoms with Crippen molar-refractivity contribution in [1.82, 2.24) is 24.5 Å². The first-order chi connectivity index (χ1) is 11.9. The zero-order valence-electron chi connectivity index (χ0n) is 14.5. The number of nitrogens with zero attached hydrogens (tertiary/aromatic N) is 6. The van der Waals surface area contributed by atoms with E-state index in [9.17, 15) is 13.2 Å². The molecule has 0 saturated heterocycles. The summed E-state index contributed by atoms with van der Waals surface area (Å²) in [5.74, 6) is 0.296. The summed E-state index contributed by atoms with van der Waals surface area (Å²) in [7, 11) is 3.86. The Morgan fingerprint density at radius 1 is 1.16 bits per heavy atom. The predicted molar refractivity (Wildman–Crippen MR) is 88.6 cm³/mol. The van der Waals surface area contributed by atoms with Crippen LogP contribution in [0.5, 0.6) is 0 Å². The molecule has 6 nitrogen and oxygen atoms in total. The number of aromatic nitrogens is 4. The van der Waals surface area contributed by atoms with Crippen molar-refractivity contribution in [3.8, 4) is 0 Å². The van der Waals surface area contributed by atoms with E-state index in [2.05, 4.69) is 27.0 Å². The second-order valence-corrected chi connectivity index (χ2v) is 6.66. The van der Waals surface area contributed by atoms with E-state index in [-0.39, 0.29) is 5.78 Å². The Hall–Kier alpha value is -1.90. The van der Waals surface area contributed by atoms with Gasteiger partial charge in [0.05, 0.1) is 0 Å². The van der Waals surface area contributed by atoms with Crippen LogP contribution in [0.4, 0.5) is 19.0 Å². The van der Waals surface area contributed by atoms with Gasteiger partial charge in [-0.1, -0.05) is 19.3 Å². The van der Waals surface area contributed by atoms with Gasteiger partial charge in [0.25, 0.3) is 5.78 Å². The highest BCUT2D eigenvalue weighted by atomic mass is 19.4. The van der Waals surface area contributed by atoms with E-state index >= 15 is 0 Å². The smallest absolute Gasteiger partial charge is 0.358 e. The van der Waals surface area contributed by atoms with Gasteiger partial charge in [-0.3, -0.25) is 0 Å². The number of likely N-dealkylation sites (N-methyl/N-ethyl adjacent to an activating group) is 2. The van der Waals surface area contributed by atoms with Gasteiger partial charge in [-0.2, -0.15) is 27.8 Å². The van der Waals surface area contributed by atoms with Gasteiger partial charge in [0, 0.05) is 32.2 Å². The number of hydrogen-bond donors (Lipinski definition) is 0. The third kappa shape index (κ3) is 4.02. The topological polar surface area (TPSA) is 49.6 Å². The van der Waals surface area contributed by atoms with Crippen LogP contribution < -0.4 is 4.90 Å². The van der Waals surface area contributed by atoms with Crippen molar-refractivity contribution in [2.24, 2.45) is 0 Å². The fourth-order valence-electron chi connectivity index (χ4n) is 3.34. The number of rotatable bonds is 5. The average Bonchev–Trinajstić information content (AvgIpc) is 3.07. The third-order valence-corrected chi connectivity index (χ3v) is 4.90. The summed E-state index contributed by atoms with van der Waals surface area (Å²) in [6.45, 7) is 1.38. The first-order valence-corrected chi connectivity index (χ1v) is 8.55. The minimum Gasteiger partial charge on any atom is -0.358 e. The van der Waals surface area contributed by atoms with Crippen LogP contribution in [0.3, 0.4) is 0 Å². The van der Waals surface area contributed by atoms with Crippen molar-refractivity contribution in [2.75, 3.05) is 32.1 Å². The lowest BCUT2D eigenvalue weighted by molar-refractivity contribution is -0.141. The normalized spacial score (nSPS) is 16.7. The first kappa shape index (κ1) is 17.9. The first-order valence-electron chi connectivity index (χ1n) is 8.55. The fraction of sp³-hybridized carbons (Fsp3) is 0.688. The summed E-state index contributed by atoms with van der Waals surface area (Å²) in [5.41, 5.74) is -0.949. The highest BCUT2D eigenvalue weighted by molar-refractivity contribution is 5.47. The lowest BCUT2D eigenvalue weighted by atomic mass is 9.94. The molecule has 9 heteroatoms. The lowest BCUT2D eigenvalue weighted by Gasteiger charge is -2.32. The summed E-state index contributed by atoms with van der Waals surface area (Å²) in [4.78, 5) is 11.4. The quantitative estimate of drug-likeness (QED) is 0.825. The summed E-state index contributed by atoms with van der Waals surface area (Å²) in [5, 5.41) is 4.00. The van der Waals surface area contributed by atoms with Crippen LogP contribution in [0.1, 0.15) is 37.8 Å². The average molecular weight is 356 g/mol. The van der Waals surface area contributed by atoms with E-state index in [4.69, 9.17) is 0 Å². The Kier molecular flexibility index (Phi) is 5.12. The molecule has 0 N–H and O–H groups in total. The van der Waals surface area contributed by atoms with Gasteiger partial charge in [-0.05, 0) is 19.9 Å². The van der Waals surface area contributed by atoms with Crippen molar-refractivity contribution in [2.45, 2.75) is 44.3 Å². The second kappa shape index (κ2) is 7.15. The van der Waals surface area contributed by atoms with Crippen LogP contribution in [0, 0.1) is 0 Å². The Bertz CT molecular complexity index is 707. The lowest BCUT2D eigenvalue weighted by Crippen LogP contribution is -2.39. The molecule has 3 rings (SSSR count).